The Labute approximate surface area is 187 Å². The monoisotopic (exact) mass is 517 g/mol. The van der Waals surface area contributed by atoms with Crippen LogP contribution in [0.15, 0.2) is 54.7 Å². The molecule has 0 saturated carbocycles. The van der Waals surface area contributed by atoms with Gasteiger partial charge in [0.05, 0.1) is 43.7 Å². The summed E-state index contributed by atoms with van der Waals surface area (Å²) < 4.78 is 7.94. The molecule has 1 fully saturated rings. The van der Waals surface area contributed by atoms with Gasteiger partial charge in [-0.25, -0.2) is 9.58 Å². The van der Waals surface area contributed by atoms with E-state index in [1.54, 1.807) is 23.9 Å². The number of hydrogen-bond donors (Lipinski definition) is 1. The molecule has 1 aromatic heterocycles. The third-order valence-electron chi connectivity index (χ3n) is 4.85. The van der Waals surface area contributed by atoms with E-state index < -0.39 is 6.04 Å². The van der Waals surface area contributed by atoms with Crippen molar-refractivity contribution in [1.82, 2.24) is 20.3 Å². The normalized spacial score (nSPS) is 16.3. The number of rotatable bonds is 7. The highest BCUT2D eigenvalue weighted by molar-refractivity contribution is 14.1. The summed E-state index contributed by atoms with van der Waals surface area (Å²) in [4.78, 5) is 26.3. The third kappa shape index (κ3) is 4.51. The number of hydrogen-bond acceptors (Lipinski definition) is 6. The van der Waals surface area contributed by atoms with Gasteiger partial charge in [-0.2, -0.15) is 0 Å². The van der Waals surface area contributed by atoms with Gasteiger partial charge in [0, 0.05) is 10.1 Å². The van der Waals surface area contributed by atoms with Crippen LogP contribution in [-0.2, 0) is 22.7 Å². The van der Waals surface area contributed by atoms with Crippen LogP contribution in [0.3, 0.4) is 0 Å². The molecule has 1 aliphatic heterocycles. The Bertz CT molecular complexity index is 1050. The second-order valence-corrected chi connectivity index (χ2v) is 8.18. The van der Waals surface area contributed by atoms with Gasteiger partial charge >= 0.3 is 0 Å². The van der Waals surface area contributed by atoms with Crippen LogP contribution in [0.25, 0.3) is 0 Å². The first-order valence-electron chi connectivity index (χ1n) is 9.41. The Morgan fingerprint density at radius 1 is 1.13 bits per heavy atom. The van der Waals surface area contributed by atoms with Crippen LogP contribution in [0, 0.1) is 3.57 Å². The lowest BCUT2D eigenvalue weighted by Gasteiger charge is -2.15. The van der Waals surface area contributed by atoms with E-state index in [2.05, 4.69) is 38.2 Å². The lowest BCUT2D eigenvalue weighted by Crippen LogP contribution is -2.38. The highest BCUT2D eigenvalue weighted by atomic mass is 127. The number of ether oxygens (including phenoxy) is 1. The lowest BCUT2D eigenvalue weighted by atomic mass is 10.2. The fraction of sp³-hybridized carbons (Fsp3) is 0.238. The number of benzene rings is 2. The van der Waals surface area contributed by atoms with Crippen LogP contribution >= 0.6 is 22.6 Å². The zero-order valence-corrected chi connectivity index (χ0v) is 18.4. The fourth-order valence-electron chi connectivity index (χ4n) is 3.30. The van der Waals surface area contributed by atoms with Crippen LogP contribution in [-0.4, -0.2) is 40.0 Å². The van der Waals surface area contributed by atoms with Gasteiger partial charge in [0.25, 0.3) is 5.91 Å². The lowest BCUT2D eigenvalue weighted by molar-refractivity contribution is -0.121. The maximum Gasteiger partial charge on any atom is 0.251 e. The summed E-state index contributed by atoms with van der Waals surface area (Å²) in [6.07, 6.45) is 1.96. The Kier molecular flexibility index (Phi) is 6.09. The molecule has 1 N–H and O–H groups in total. The molecule has 1 unspecified atom stereocenters. The van der Waals surface area contributed by atoms with Crippen LogP contribution in [0.2, 0.25) is 0 Å². The van der Waals surface area contributed by atoms with Gasteiger partial charge in [-0.3, -0.25) is 14.9 Å². The third-order valence-corrected chi connectivity index (χ3v) is 5.57. The zero-order valence-electron chi connectivity index (χ0n) is 16.3. The molecule has 30 heavy (non-hydrogen) atoms. The average molecular weight is 517 g/mol. The van der Waals surface area contributed by atoms with Gasteiger partial charge in [0.15, 0.2) is 0 Å². The number of nitrogens with zero attached hydrogens (tertiary/aromatic N) is 4. The molecule has 4 rings (SSSR count). The number of carbonyl (C=O) groups is 2. The number of methoxy groups -OCH3 is 1. The van der Waals surface area contributed by atoms with Crippen LogP contribution in [0.4, 0.5) is 5.69 Å². The molecule has 1 saturated heterocycles. The molecule has 154 valence electrons. The van der Waals surface area contributed by atoms with E-state index in [0.29, 0.717) is 24.5 Å². The minimum atomic E-state index is -0.566. The zero-order chi connectivity index (χ0) is 21.1. The first-order valence-corrected chi connectivity index (χ1v) is 10.5. The second kappa shape index (κ2) is 8.92. The number of imide groups is 1. The molecular weight excluding hydrogens is 497 g/mol. The van der Waals surface area contributed by atoms with Gasteiger partial charge in [0.1, 0.15) is 5.75 Å². The molecule has 2 heterocycles. The molecule has 1 atom stereocenters. The first kappa shape index (κ1) is 20.5. The number of anilines is 1. The van der Waals surface area contributed by atoms with Gasteiger partial charge in [-0.05, 0) is 64.6 Å². The van der Waals surface area contributed by atoms with Crippen molar-refractivity contribution in [3.63, 3.8) is 0 Å². The maximum atomic E-state index is 12.7. The van der Waals surface area contributed by atoms with E-state index in [-0.39, 0.29) is 18.2 Å². The molecule has 8 nitrogen and oxygen atoms in total. The predicted molar refractivity (Wildman–Crippen MR) is 119 cm³/mol. The minimum absolute atomic E-state index is 0.130. The van der Waals surface area contributed by atoms with Gasteiger partial charge in [-0.15, -0.1) is 5.10 Å². The number of nitrogens with one attached hydrogen (secondary N) is 1. The number of aromatic nitrogens is 3. The molecule has 0 radical (unpaired) electrons. The van der Waals surface area contributed by atoms with E-state index in [1.165, 1.54) is 4.90 Å². The van der Waals surface area contributed by atoms with Crippen LogP contribution < -0.4 is 15.0 Å². The molecule has 2 amide bonds. The molecule has 0 aliphatic carbocycles. The summed E-state index contributed by atoms with van der Waals surface area (Å²) in [6, 6.07) is 14.5. The van der Waals surface area contributed by atoms with Crippen molar-refractivity contribution in [3.05, 3.63) is 69.6 Å². The number of halogens is 1. The highest BCUT2D eigenvalue weighted by Crippen LogP contribution is 2.24. The average Bonchev–Trinajstić information content (AvgIpc) is 3.31. The standard InChI is InChI=1S/C21H20IN5O3/c1-30-18-8-2-14(3-9-18)12-26-13-16(24-25-26)11-23-19-10-20(28)27(21(19)29)17-6-4-15(22)5-7-17/h2-9,13,19,23H,10-12H2,1H3. The number of carbonyl (C=O) groups excluding carboxylic acids is 2. The summed E-state index contributed by atoms with van der Waals surface area (Å²) in [5.74, 6) is 0.353. The molecular formula is C21H20IN5O3. The summed E-state index contributed by atoms with van der Waals surface area (Å²) in [6.45, 7) is 0.936. The molecule has 2 aromatic carbocycles. The minimum Gasteiger partial charge on any atom is -0.497 e. The van der Waals surface area contributed by atoms with Crippen molar-refractivity contribution < 1.29 is 14.3 Å². The van der Waals surface area contributed by atoms with E-state index >= 15 is 0 Å². The van der Waals surface area contributed by atoms with Crippen molar-refractivity contribution >= 4 is 40.1 Å². The van der Waals surface area contributed by atoms with E-state index in [1.807, 2.05) is 42.6 Å². The van der Waals surface area contributed by atoms with Gasteiger partial charge < -0.3 is 4.74 Å². The maximum absolute atomic E-state index is 12.7. The quantitative estimate of drug-likeness (QED) is 0.383. The van der Waals surface area contributed by atoms with Crippen molar-refractivity contribution in [3.8, 4) is 5.75 Å². The van der Waals surface area contributed by atoms with E-state index in [9.17, 15) is 9.59 Å². The highest BCUT2D eigenvalue weighted by Gasteiger charge is 2.39. The fourth-order valence-corrected chi connectivity index (χ4v) is 3.65. The Morgan fingerprint density at radius 2 is 1.87 bits per heavy atom. The number of amides is 2. The molecule has 0 spiro atoms. The first-order chi connectivity index (χ1) is 14.5. The van der Waals surface area contributed by atoms with Crippen molar-refractivity contribution in [2.45, 2.75) is 25.6 Å². The summed E-state index contributed by atoms with van der Waals surface area (Å²) in [5, 5.41) is 11.4. The van der Waals surface area contributed by atoms with E-state index in [4.69, 9.17) is 4.74 Å². The Morgan fingerprint density at radius 3 is 2.57 bits per heavy atom. The second-order valence-electron chi connectivity index (χ2n) is 6.94. The molecule has 3 aromatic rings. The predicted octanol–water partition coefficient (Wildman–Crippen LogP) is 2.36. The summed E-state index contributed by atoms with van der Waals surface area (Å²) in [5.41, 5.74) is 2.38. The summed E-state index contributed by atoms with van der Waals surface area (Å²) in [7, 11) is 1.63. The van der Waals surface area contributed by atoms with Crippen LogP contribution in [0.1, 0.15) is 17.7 Å². The van der Waals surface area contributed by atoms with Gasteiger partial charge in [-0.1, -0.05) is 17.3 Å². The van der Waals surface area contributed by atoms with Crippen LogP contribution in [0.5, 0.6) is 5.75 Å². The summed E-state index contributed by atoms with van der Waals surface area (Å²) >= 11 is 2.18. The van der Waals surface area contributed by atoms with Crippen molar-refractivity contribution in [2.24, 2.45) is 0 Å². The molecule has 1 aliphatic rings. The van der Waals surface area contributed by atoms with E-state index in [0.717, 1.165) is 14.9 Å². The van der Waals surface area contributed by atoms with Crippen molar-refractivity contribution in [1.29, 1.82) is 0 Å². The largest absolute Gasteiger partial charge is 0.497 e. The smallest absolute Gasteiger partial charge is 0.251 e. The SMILES string of the molecule is COc1ccc(Cn2cc(CNC3CC(=O)N(c4ccc(I)cc4)C3=O)nn2)cc1. The molecule has 9 heteroatoms. The van der Waals surface area contributed by atoms with Gasteiger partial charge in [0.2, 0.25) is 5.91 Å². The Hall–Kier alpha value is -2.79. The Balaban J connectivity index is 1.35. The van der Waals surface area contributed by atoms with Crippen molar-refractivity contribution in [2.75, 3.05) is 12.0 Å². The topological polar surface area (TPSA) is 89.4 Å². The molecule has 0 bridgehead atoms.